The minimum atomic E-state index is 0.111. The number of fused-ring (bicyclic) bond motifs is 2. The fourth-order valence-corrected chi connectivity index (χ4v) is 11.1. The molecular weight excluding hydrogens is 895 g/mol. The van der Waals surface area contributed by atoms with Crippen LogP contribution in [0.4, 0.5) is 51.2 Å². The molecule has 12 aromatic carbocycles. The van der Waals surface area contributed by atoms with Gasteiger partial charge < -0.3 is 14.7 Å². The van der Waals surface area contributed by atoms with Crippen molar-refractivity contribution in [3.05, 3.63) is 319 Å². The summed E-state index contributed by atoms with van der Waals surface area (Å²) in [5.74, 6) is 0.111. The highest BCUT2D eigenvalue weighted by Gasteiger charge is 2.25. The van der Waals surface area contributed by atoms with Crippen molar-refractivity contribution >= 4 is 72.7 Å². The minimum Gasteiger partial charge on any atom is -0.311 e. The van der Waals surface area contributed by atoms with Crippen molar-refractivity contribution in [2.24, 2.45) is 0 Å². The molecule has 0 N–H and O–H groups in total. The smallest absolute Gasteiger partial charge is 0.0543 e. The Labute approximate surface area is 435 Å². The van der Waals surface area contributed by atoms with E-state index in [1.165, 1.54) is 60.5 Å². The summed E-state index contributed by atoms with van der Waals surface area (Å²) >= 11 is 0. The predicted molar refractivity (Wildman–Crippen MR) is 314 cm³/mol. The summed E-state index contributed by atoms with van der Waals surface area (Å²) < 4.78 is 0. The maximum absolute atomic E-state index is 2.43. The van der Waals surface area contributed by atoms with E-state index in [0.29, 0.717) is 0 Å². The van der Waals surface area contributed by atoms with Crippen LogP contribution in [0.25, 0.3) is 32.7 Å². The largest absolute Gasteiger partial charge is 0.311 e. The Morgan fingerprint density at radius 3 is 0.824 bits per heavy atom. The van der Waals surface area contributed by atoms with Crippen LogP contribution >= 0.6 is 0 Å². The Hall–Kier alpha value is -9.44. The van der Waals surface area contributed by atoms with Crippen molar-refractivity contribution in [3.8, 4) is 11.1 Å². The molecule has 74 heavy (non-hydrogen) atoms. The van der Waals surface area contributed by atoms with Gasteiger partial charge in [0.2, 0.25) is 0 Å². The number of anilines is 9. The van der Waals surface area contributed by atoms with E-state index in [2.05, 4.69) is 320 Å². The molecule has 0 saturated carbocycles. The van der Waals surface area contributed by atoms with Crippen LogP contribution in [0.3, 0.4) is 0 Å². The van der Waals surface area contributed by atoms with Crippen LogP contribution in [-0.4, -0.2) is 0 Å². The molecule has 0 fully saturated rings. The predicted octanol–water partition coefficient (Wildman–Crippen LogP) is 19.9. The molecule has 0 aliphatic carbocycles. The average molecular weight is 950 g/mol. The van der Waals surface area contributed by atoms with Gasteiger partial charge in [0.1, 0.15) is 0 Å². The molecule has 0 spiro atoms. The molecule has 3 nitrogen and oxygen atoms in total. The second kappa shape index (κ2) is 20.4. The molecule has 0 aliphatic heterocycles. The van der Waals surface area contributed by atoms with Gasteiger partial charge in [-0.05, 0) is 161 Å². The summed E-state index contributed by atoms with van der Waals surface area (Å²) in [5.41, 5.74) is 18.7. The summed E-state index contributed by atoms with van der Waals surface area (Å²) in [7, 11) is 0. The van der Waals surface area contributed by atoms with Crippen LogP contribution < -0.4 is 14.7 Å². The normalized spacial score (nSPS) is 11.2. The molecule has 0 aliphatic rings. The quantitative estimate of drug-likeness (QED) is 0.107. The number of rotatable bonds is 13. The highest BCUT2D eigenvalue weighted by molar-refractivity contribution is 6.15. The van der Waals surface area contributed by atoms with Crippen LogP contribution in [0.15, 0.2) is 291 Å². The number of aryl methyl sites for hydroxylation is 2. The van der Waals surface area contributed by atoms with Crippen LogP contribution in [0, 0.1) is 13.8 Å². The number of nitrogens with zero attached hydrogens (tertiary/aromatic N) is 3. The summed E-state index contributed by atoms with van der Waals surface area (Å²) in [4.78, 5) is 7.15. The molecule has 3 heteroatoms. The number of hydrogen-bond donors (Lipinski definition) is 0. The lowest BCUT2D eigenvalue weighted by atomic mass is 9.85. The molecule has 0 saturated heterocycles. The van der Waals surface area contributed by atoms with Gasteiger partial charge >= 0.3 is 0 Å². The fourth-order valence-electron chi connectivity index (χ4n) is 11.1. The number of hydrogen-bond acceptors (Lipinski definition) is 3. The number of para-hydroxylation sites is 4. The van der Waals surface area contributed by atoms with E-state index in [1.54, 1.807) is 0 Å². The number of benzene rings is 12. The van der Waals surface area contributed by atoms with Crippen LogP contribution in [0.1, 0.15) is 33.7 Å². The van der Waals surface area contributed by atoms with Gasteiger partial charge in [0, 0.05) is 56.5 Å². The third kappa shape index (κ3) is 8.75. The van der Waals surface area contributed by atoms with E-state index < -0.39 is 0 Å². The Morgan fingerprint density at radius 2 is 0.473 bits per heavy atom. The Bertz CT molecular complexity index is 3490. The average Bonchev–Trinajstić information content (AvgIpc) is 3.47. The van der Waals surface area contributed by atoms with Crippen molar-refractivity contribution in [3.63, 3.8) is 0 Å². The zero-order valence-electron chi connectivity index (χ0n) is 41.6. The highest BCUT2D eigenvalue weighted by atomic mass is 15.2. The van der Waals surface area contributed by atoms with E-state index >= 15 is 0 Å². The fraction of sp³-hybridized carbons (Fsp3) is 0.0423. The zero-order valence-corrected chi connectivity index (χ0v) is 41.6. The van der Waals surface area contributed by atoms with Crippen molar-refractivity contribution in [2.75, 3.05) is 14.7 Å². The molecule has 0 radical (unpaired) electrons. The Kier molecular flexibility index (Phi) is 12.6. The summed E-state index contributed by atoms with van der Waals surface area (Å²) in [6, 6.07) is 105. The molecular formula is C71H55N3. The maximum Gasteiger partial charge on any atom is 0.0543 e. The van der Waals surface area contributed by atoms with Gasteiger partial charge in [-0.25, -0.2) is 0 Å². The van der Waals surface area contributed by atoms with E-state index in [-0.39, 0.29) is 5.92 Å². The Morgan fingerprint density at radius 1 is 0.230 bits per heavy atom. The lowest BCUT2D eigenvalue weighted by Gasteiger charge is -2.31. The first-order valence-corrected chi connectivity index (χ1v) is 25.5. The molecule has 0 heterocycles. The van der Waals surface area contributed by atoms with E-state index in [4.69, 9.17) is 0 Å². The zero-order chi connectivity index (χ0) is 49.8. The molecule has 12 aromatic rings. The monoisotopic (exact) mass is 949 g/mol. The summed E-state index contributed by atoms with van der Waals surface area (Å²) in [6.45, 7) is 4.57. The van der Waals surface area contributed by atoms with Crippen molar-refractivity contribution in [1.29, 1.82) is 0 Å². The van der Waals surface area contributed by atoms with Gasteiger partial charge in [0.15, 0.2) is 0 Å². The highest BCUT2D eigenvalue weighted by Crippen LogP contribution is 2.49. The first-order valence-electron chi connectivity index (χ1n) is 25.5. The third-order valence-electron chi connectivity index (χ3n) is 14.3. The van der Waals surface area contributed by atoms with E-state index in [1.807, 2.05) is 0 Å². The molecule has 0 atom stereocenters. The maximum atomic E-state index is 2.43. The van der Waals surface area contributed by atoms with Gasteiger partial charge in [-0.1, -0.05) is 194 Å². The second-order valence-electron chi connectivity index (χ2n) is 19.0. The second-order valence-corrected chi connectivity index (χ2v) is 19.0. The molecule has 0 aromatic heterocycles. The first-order chi connectivity index (χ1) is 36.6. The molecule has 12 rings (SSSR count). The van der Waals surface area contributed by atoms with Gasteiger partial charge in [0.05, 0.1) is 11.4 Å². The lowest BCUT2D eigenvalue weighted by Crippen LogP contribution is -2.13. The van der Waals surface area contributed by atoms with Crippen LogP contribution in [0.5, 0.6) is 0 Å². The van der Waals surface area contributed by atoms with Crippen LogP contribution in [0.2, 0.25) is 0 Å². The van der Waals surface area contributed by atoms with Gasteiger partial charge in [-0.2, -0.15) is 0 Å². The van der Waals surface area contributed by atoms with Gasteiger partial charge in [-0.3, -0.25) is 0 Å². The first kappa shape index (κ1) is 45.7. The van der Waals surface area contributed by atoms with Crippen molar-refractivity contribution < 1.29 is 0 Å². The Balaban J connectivity index is 0.981. The standard InChI is InChI=1S/C71H55N3/c1-51-49-67(73(58-33-17-7-18-34-58)61-43-41-55(42-44-61)71(53-25-9-3-10-26-53)54-27-11-4-12-28-54)63-37-21-23-39-65(63)69(51)70-52(2)50-68(64-38-22-24-40-66(64)70)74(59-35-19-8-20-36-59)62-47-45-60(46-48-62)72(56-29-13-5-14-30-56)57-31-15-6-16-32-57/h3-50,71H,1-2H3. The molecule has 0 amide bonds. The van der Waals surface area contributed by atoms with Crippen molar-refractivity contribution in [2.45, 2.75) is 19.8 Å². The molecule has 354 valence electrons. The topological polar surface area (TPSA) is 9.72 Å². The van der Waals surface area contributed by atoms with Gasteiger partial charge in [-0.15, -0.1) is 0 Å². The van der Waals surface area contributed by atoms with E-state index in [0.717, 1.165) is 51.2 Å². The minimum absolute atomic E-state index is 0.111. The SMILES string of the molecule is Cc1cc(N(c2ccccc2)c2ccc(C(c3ccccc3)c3ccccc3)cc2)c2ccccc2c1-c1c(C)cc(N(c2ccccc2)c2ccc(N(c3ccccc3)c3ccccc3)cc2)c2ccccc12. The van der Waals surface area contributed by atoms with Crippen LogP contribution in [-0.2, 0) is 0 Å². The lowest BCUT2D eigenvalue weighted by molar-refractivity contribution is 0.977. The molecule has 0 bridgehead atoms. The van der Waals surface area contributed by atoms with E-state index in [9.17, 15) is 0 Å². The van der Waals surface area contributed by atoms with Crippen molar-refractivity contribution in [1.82, 2.24) is 0 Å². The third-order valence-corrected chi connectivity index (χ3v) is 14.3. The molecule has 0 unspecified atom stereocenters. The van der Waals surface area contributed by atoms with Gasteiger partial charge in [0.25, 0.3) is 0 Å². The summed E-state index contributed by atoms with van der Waals surface area (Å²) in [5, 5.41) is 4.79. The summed E-state index contributed by atoms with van der Waals surface area (Å²) in [6.07, 6.45) is 0.